The molecule has 0 aliphatic carbocycles. The van der Waals surface area contributed by atoms with Crippen LogP contribution in [-0.2, 0) is 4.79 Å². The summed E-state index contributed by atoms with van der Waals surface area (Å²) < 4.78 is 0. The van der Waals surface area contributed by atoms with Crippen LogP contribution < -0.4 is 10.6 Å². The Kier molecular flexibility index (Phi) is 4.11. The van der Waals surface area contributed by atoms with Gasteiger partial charge in [-0.1, -0.05) is 13.8 Å². The minimum absolute atomic E-state index is 0.130. The predicted molar refractivity (Wildman–Crippen MR) is 46.4 cm³/mol. The molecular formula is C8H18N2O. The van der Waals surface area contributed by atoms with Crippen molar-refractivity contribution in [1.82, 2.24) is 10.6 Å². The van der Waals surface area contributed by atoms with Gasteiger partial charge in [0.2, 0.25) is 5.91 Å². The van der Waals surface area contributed by atoms with Gasteiger partial charge in [-0.15, -0.1) is 0 Å². The molecule has 3 heteroatoms. The summed E-state index contributed by atoms with van der Waals surface area (Å²) >= 11 is 0. The summed E-state index contributed by atoms with van der Waals surface area (Å²) in [4.78, 5) is 11.0. The van der Waals surface area contributed by atoms with Crippen LogP contribution >= 0.6 is 0 Å². The van der Waals surface area contributed by atoms with Crippen LogP contribution in [0.1, 0.15) is 20.8 Å². The molecule has 0 spiro atoms. The van der Waals surface area contributed by atoms with Gasteiger partial charge in [-0.05, 0) is 6.92 Å². The molecule has 3 nitrogen and oxygen atoms in total. The second-order valence-electron chi connectivity index (χ2n) is 2.74. The van der Waals surface area contributed by atoms with E-state index >= 15 is 0 Å². The lowest BCUT2D eigenvalue weighted by atomic mass is 9.83. The van der Waals surface area contributed by atoms with Crippen LogP contribution in [0.2, 0.25) is 0 Å². The number of carbonyl (C=O) groups excluding carboxylic acids is 1. The molecule has 0 bridgehead atoms. The molecule has 1 heterocycles. The third-order valence-corrected chi connectivity index (χ3v) is 1.81. The molecule has 1 amide bonds. The van der Waals surface area contributed by atoms with Gasteiger partial charge in [-0.25, -0.2) is 0 Å². The Labute approximate surface area is 68.6 Å². The summed E-state index contributed by atoms with van der Waals surface area (Å²) in [6.07, 6.45) is 0. The van der Waals surface area contributed by atoms with E-state index in [1.54, 1.807) is 7.05 Å². The van der Waals surface area contributed by atoms with Crippen molar-refractivity contribution in [1.29, 1.82) is 0 Å². The summed E-state index contributed by atoms with van der Waals surface area (Å²) in [6.45, 7) is 7.58. The van der Waals surface area contributed by atoms with Crippen LogP contribution in [0.4, 0.5) is 0 Å². The van der Waals surface area contributed by atoms with E-state index in [1.807, 2.05) is 20.8 Å². The van der Waals surface area contributed by atoms with Crippen molar-refractivity contribution in [3.05, 3.63) is 0 Å². The van der Waals surface area contributed by atoms with E-state index in [-0.39, 0.29) is 11.3 Å². The molecule has 11 heavy (non-hydrogen) atoms. The summed E-state index contributed by atoms with van der Waals surface area (Å²) in [5.41, 5.74) is -0.130. The minimum atomic E-state index is -0.130. The lowest BCUT2D eigenvalue weighted by molar-refractivity contribution is -0.132. The second-order valence-corrected chi connectivity index (χ2v) is 2.74. The normalized spacial score (nSPS) is 18.9. The summed E-state index contributed by atoms with van der Waals surface area (Å²) in [7, 11) is 1.67. The third kappa shape index (κ3) is 2.19. The number of carbonyl (C=O) groups is 1. The van der Waals surface area contributed by atoms with Gasteiger partial charge in [0.15, 0.2) is 0 Å². The van der Waals surface area contributed by atoms with Crippen LogP contribution in [0.3, 0.4) is 0 Å². The number of rotatable bonds is 1. The third-order valence-electron chi connectivity index (χ3n) is 1.81. The van der Waals surface area contributed by atoms with Crippen LogP contribution in [-0.4, -0.2) is 26.0 Å². The Morgan fingerprint density at radius 1 is 1.45 bits per heavy atom. The van der Waals surface area contributed by atoms with Crippen molar-refractivity contribution in [2.24, 2.45) is 5.41 Å². The van der Waals surface area contributed by atoms with Gasteiger partial charge >= 0.3 is 0 Å². The predicted octanol–water partition coefficient (Wildman–Crippen LogP) is 0.368. The average molecular weight is 158 g/mol. The lowest BCUT2D eigenvalue weighted by Gasteiger charge is -2.36. The zero-order valence-electron chi connectivity index (χ0n) is 7.82. The first-order chi connectivity index (χ1) is 5.19. The first-order valence-corrected chi connectivity index (χ1v) is 4.12. The Balaban J connectivity index is 0.000000461. The number of hydrogen-bond donors (Lipinski definition) is 2. The fraction of sp³-hybridized carbons (Fsp3) is 0.875. The van der Waals surface area contributed by atoms with E-state index in [0.717, 1.165) is 13.1 Å². The largest absolute Gasteiger partial charge is 0.359 e. The summed E-state index contributed by atoms with van der Waals surface area (Å²) in [5, 5.41) is 5.68. The van der Waals surface area contributed by atoms with E-state index < -0.39 is 0 Å². The maximum Gasteiger partial charge on any atom is 0.228 e. The van der Waals surface area contributed by atoms with Gasteiger partial charge in [0.25, 0.3) is 0 Å². The van der Waals surface area contributed by atoms with Crippen molar-refractivity contribution in [3.8, 4) is 0 Å². The van der Waals surface area contributed by atoms with Gasteiger partial charge in [0, 0.05) is 20.1 Å². The highest BCUT2D eigenvalue weighted by Gasteiger charge is 2.38. The van der Waals surface area contributed by atoms with Crippen molar-refractivity contribution < 1.29 is 4.79 Å². The molecule has 1 fully saturated rings. The molecule has 0 aromatic heterocycles. The molecule has 1 saturated heterocycles. The monoisotopic (exact) mass is 158 g/mol. The molecule has 0 saturated carbocycles. The fourth-order valence-electron chi connectivity index (χ4n) is 0.962. The van der Waals surface area contributed by atoms with Crippen LogP contribution in [0.25, 0.3) is 0 Å². The Bertz CT molecular complexity index is 130. The summed E-state index contributed by atoms with van der Waals surface area (Å²) in [6, 6.07) is 0. The Morgan fingerprint density at radius 3 is 2.00 bits per heavy atom. The first kappa shape index (κ1) is 10.4. The van der Waals surface area contributed by atoms with E-state index in [0.29, 0.717) is 0 Å². The second kappa shape index (κ2) is 4.34. The zero-order chi connectivity index (χ0) is 8.91. The van der Waals surface area contributed by atoms with Gasteiger partial charge in [0.1, 0.15) is 0 Å². The van der Waals surface area contributed by atoms with Crippen molar-refractivity contribution in [2.75, 3.05) is 20.1 Å². The molecule has 2 N–H and O–H groups in total. The number of amides is 1. The molecule has 1 aliphatic rings. The maximum absolute atomic E-state index is 11.0. The van der Waals surface area contributed by atoms with E-state index in [1.165, 1.54) is 0 Å². The van der Waals surface area contributed by atoms with Crippen molar-refractivity contribution in [2.45, 2.75) is 20.8 Å². The molecule has 66 valence electrons. The van der Waals surface area contributed by atoms with Crippen LogP contribution in [0, 0.1) is 5.41 Å². The van der Waals surface area contributed by atoms with Gasteiger partial charge in [-0.3, -0.25) is 4.79 Å². The Hall–Kier alpha value is -0.570. The van der Waals surface area contributed by atoms with Crippen molar-refractivity contribution >= 4 is 5.91 Å². The quantitative estimate of drug-likeness (QED) is 0.579. The summed E-state index contributed by atoms with van der Waals surface area (Å²) in [5.74, 6) is 0.140. The molecular weight excluding hydrogens is 140 g/mol. The number of hydrogen-bond acceptors (Lipinski definition) is 2. The molecule has 0 atom stereocenters. The zero-order valence-corrected chi connectivity index (χ0v) is 7.82. The molecule has 0 aromatic rings. The molecule has 1 aliphatic heterocycles. The fourth-order valence-corrected chi connectivity index (χ4v) is 0.962. The van der Waals surface area contributed by atoms with Gasteiger partial charge in [0.05, 0.1) is 5.41 Å². The van der Waals surface area contributed by atoms with Gasteiger partial charge in [-0.2, -0.15) is 0 Å². The van der Waals surface area contributed by atoms with E-state index in [9.17, 15) is 4.79 Å². The molecule has 0 aromatic carbocycles. The minimum Gasteiger partial charge on any atom is -0.359 e. The molecule has 0 radical (unpaired) electrons. The van der Waals surface area contributed by atoms with Crippen molar-refractivity contribution in [3.63, 3.8) is 0 Å². The van der Waals surface area contributed by atoms with Crippen LogP contribution in [0.15, 0.2) is 0 Å². The lowest BCUT2D eigenvalue weighted by Crippen LogP contribution is -2.59. The highest BCUT2D eigenvalue weighted by atomic mass is 16.2. The SMILES string of the molecule is CC.CNC(=O)C1(C)CNC1. The smallest absolute Gasteiger partial charge is 0.228 e. The first-order valence-electron chi connectivity index (χ1n) is 4.12. The maximum atomic E-state index is 11.0. The molecule has 1 rings (SSSR count). The van der Waals surface area contributed by atoms with Gasteiger partial charge < -0.3 is 10.6 Å². The average Bonchev–Trinajstić information content (AvgIpc) is 2.02. The van der Waals surface area contributed by atoms with E-state index in [4.69, 9.17) is 0 Å². The van der Waals surface area contributed by atoms with Crippen LogP contribution in [0.5, 0.6) is 0 Å². The standard InChI is InChI=1S/C6H12N2O.C2H6/c1-6(3-8-4-6)5(9)7-2;1-2/h8H,3-4H2,1-2H3,(H,7,9);1-2H3. The highest BCUT2D eigenvalue weighted by Crippen LogP contribution is 2.20. The number of nitrogens with one attached hydrogen (secondary N) is 2. The Morgan fingerprint density at radius 2 is 1.91 bits per heavy atom. The highest BCUT2D eigenvalue weighted by molar-refractivity contribution is 5.83. The van der Waals surface area contributed by atoms with E-state index in [2.05, 4.69) is 10.6 Å². The topological polar surface area (TPSA) is 41.1 Å². The molecule has 0 unspecified atom stereocenters.